The summed E-state index contributed by atoms with van der Waals surface area (Å²) < 4.78 is 4.98. The molecule has 0 radical (unpaired) electrons. The summed E-state index contributed by atoms with van der Waals surface area (Å²) in [6, 6.07) is 5.79. The highest BCUT2D eigenvalue weighted by Crippen LogP contribution is 2.27. The lowest BCUT2D eigenvalue weighted by molar-refractivity contribution is -0.141. The van der Waals surface area contributed by atoms with Crippen molar-refractivity contribution in [2.24, 2.45) is 22.1 Å². The molecule has 41 heavy (non-hydrogen) atoms. The predicted molar refractivity (Wildman–Crippen MR) is 160 cm³/mol. The van der Waals surface area contributed by atoms with E-state index >= 15 is 0 Å². The zero-order valence-electron chi connectivity index (χ0n) is 25.7. The van der Waals surface area contributed by atoms with Gasteiger partial charge in [0.2, 0.25) is 0 Å². The minimum atomic E-state index is -1.19. The van der Waals surface area contributed by atoms with Crippen molar-refractivity contribution in [2.75, 3.05) is 19.7 Å². The summed E-state index contributed by atoms with van der Waals surface area (Å²) in [5.41, 5.74) is 0.656. The lowest BCUT2D eigenvalue weighted by atomic mass is 9.95. The molecule has 9 nitrogen and oxygen atoms in total. The molecule has 1 aromatic carbocycles. The van der Waals surface area contributed by atoms with Crippen LogP contribution < -0.4 is 5.32 Å². The maximum Gasteiger partial charge on any atom is 0.343 e. The Labute approximate surface area is 245 Å². The second-order valence-electron chi connectivity index (χ2n) is 10.8. The van der Waals surface area contributed by atoms with E-state index in [1.807, 2.05) is 4.90 Å². The van der Waals surface area contributed by atoms with Gasteiger partial charge in [0.15, 0.2) is 6.04 Å². The molecular weight excluding hydrogens is 520 g/mol. The molecule has 0 saturated carbocycles. The molecule has 0 aliphatic carbocycles. The third-order valence-electron chi connectivity index (χ3n) is 7.74. The highest BCUT2D eigenvalue weighted by molar-refractivity contribution is 6.24. The molecule has 3 unspecified atom stereocenters. The monoisotopic (exact) mass is 568 g/mol. The quantitative estimate of drug-likeness (QED) is 0.0990. The molecule has 3 amide bonds. The maximum absolute atomic E-state index is 14.1. The predicted octanol–water partition coefficient (Wildman–Crippen LogP) is 6.55. The Balaban J connectivity index is 2.43. The highest BCUT2D eigenvalue weighted by Gasteiger charge is 2.37. The summed E-state index contributed by atoms with van der Waals surface area (Å²) >= 11 is 0. The van der Waals surface area contributed by atoms with Crippen molar-refractivity contribution in [3.63, 3.8) is 0 Å². The lowest BCUT2D eigenvalue weighted by Gasteiger charge is -2.31. The Morgan fingerprint density at radius 2 is 1.54 bits per heavy atom. The van der Waals surface area contributed by atoms with Crippen LogP contribution in [-0.4, -0.2) is 54.3 Å². The standard InChI is InChI=1S/C32H48N4O5/c1-7-12-16-23(9-3)20-36(21-24(10-4)17-13-8-2)31(39)25-18-14-15-19-26(25)34-35-28-22(6)27(32(40)41-11-5)29(37)33-30(28)38/h14-15,18-19,23-24,28H,7-13,16-17,20-21H2,1-6H3,(H,33,37,38)/b35-34+. The van der Waals surface area contributed by atoms with Crippen molar-refractivity contribution in [2.45, 2.75) is 99.0 Å². The molecule has 0 saturated heterocycles. The van der Waals surface area contributed by atoms with Crippen molar-refractivity contribution in [1.82, 2.24) is 10.2 Å². The molecule has 1 aliphatic rings. The van der Waals surface area contributed by atoms with E-state index in [0.717, 1.165) is 51.4 Å². The van der Waals surface area contributed by atoms with E-state index in [9.17, 15) is 19.2 Å². The van der Waals surface area contributed by atoms with Crippen LogP contribution in [0.4, 0.5) is 5.69 Å². The topological polar surface area (TPSA) is 117 Å². The van der Waals surface area contributed by atoms with Gasteiger partial charge in [-0.1, -0.05) is 78.4 Å². The number of esters is 1. The Bertz CT molecular complexity index is 1100. The van der Waals surface area contributed by atoms with Crippen LogP contribution in [0.25, 0.3) is 0 Å². The van der Waals surface area contributed by atoms with Crippen LogP contribution in [0.3, 0.4) is 0 Å². The average molecular weight is 569 g/mol. The van der Waals surface area contributed by atoms with Gasteiger partial charge in [0.25, 0.3) is 17.7 Å². The van der Waals surface area contributed by atoms with Gasteiger partial charge in [-0.05, 0) is 56.2 Å². The van der Waals surface area contributed by atoms with Gasteiger partial charge in [0, 0.05) is 13.1 Å². The third kappa shape index (κ3) is 9.61. The number of carbonyl (C=O) groups is 4. The Morgan fingerprint density at radius 3 is 2.07 bits per heavy atom. The molecule has 0 fully saturated rings. The van der Waals surface area contributed by atoms with E-state index in [-0.39, 0.29) is 23.7 Å². The van der Waals surface area contributed by atoms with Crippen LogP contribution in [0.1, 0.15) is 103 Å². The first-order valence-corrected chi connectivity index (χ1v) is 15.2. The number of azo groups is 1. The smallest absolute Gasteiger partial charge is 0.343 e. The van der Waals surface area contributed by atoms with Crippen LogP contribution in [-0.2, 0) is 19.1 Å². The third-order valence-corrected chi connectivity index (χ3v) is 7.74. The summed E-state index contributed by atoms with van der Waals surface area (Å²) in [6.45, 7) is 13.3. The van der Waals surface area contributed by atoms with Crippen LogP contribution in [0.15, 0.2) is 45.6 Å². The van der Waals surface area contributed by atoms with E-state index in [0.29, 0.717) is 36.2 Å². The van der Waals surface area contributed by atoms with Crippen molar-refractivity contribution in [1.29, 1.82) is 0 Å². The number of hydrogen-bond acceptors (Lipinski definition) is 7. The Morgan fingerprint density at radius 1 is 0.951 bits per heavy atom. The van der Waals surface area contributed by atoms with Crippen molar-refractivity contribution in [3.05, 3.63) is 41.0 Å². The SMILES string of the molecule is CCCCC(CC)CN(CC(CC)CCCC)C(=O)c1ccccc1/N=N/C1C(=O)NC(=O)C(C(=O)OCC)=C1C. The molecule has 1 aromatic rings. The maximum atomic E-state index is 14.1. The lowest BCUT2D eigenvalue weighted by Crippen LogP contribution is -2.46. The minimum Gasteiger partial charge on any atom is -0.462 e. The molecule has 2 rings (SSSR count). The average Bonchev–Trinajstić information content (AvgIpc) is 2.96. The zero-order chi connectivity index (χ0) is 30.4. The second-order valence-corrected chi connectivity index (χ2v) is 10.8. The fourth-order valence-electron chi connectivity index (χ4n) is 5.08. The summed E-state index contributed by atoms with van der Waals surface area (Å²) in [6.07, 6.45) is 8.65. The number of nitrogens with zero attached hydrogens (tertiary/aromatic N) is 3. The first-order valence-electron chi connectivity index (χ1n) is 15.2. The van der Waals surface area contributed by atoms with E-state index in [4.69, 9.17) is 4.74 Å². The number of imide groups is 1. The number of amides is 3. The van der Waals surface area contributed by atoms with Gasteiger partial charge >= 0.3 is 5.97 Å². The summed E-state index contributed by atoms with van der Waals surface area (Å²) in [7, 11) is 0. The van der Waals surface area contributed by atoms with Crippen molar-refractivity contribution in [3.8, 4) is 0 Å². The zero-order valence-corrected chi connectivity index (χ0v) is 25.7. The molecule has 3 atom stereocenters. The van der Waals surface area contributed by atoms with E-state index in [1.54, 1.807) is 31.2 Å². The van der Waals surface area contributed by atoms with Crippen LogP contribution in [0, 0.1) is 11.8 Å². The van der Waals surface area contributed by atoms with E-state index in [2.05, 4.69) is 43.2 Å². The molecule has 1 heterocycles. The summed E-state index contributed by atoms with van der Waals surface area (Å²) in [4.78, 5) is 53.3. The fourth-order valence-corrected chi connectivity index (χ4v) is 5.08. The van der Waals surface area contributed by atoms with Crippen LogP contribution in [0.2, 0.25) is 0 Å². The Hall–Kier alpha value is -3.36. The molecule has 0 aromatic heterocycles. The number of benzene rings is 1. The van der Waals surface area contributed by atoms with Crippen LogP contribution in [0.5, 0.6) is 0 Å². The van der Waals surface area contributed by atoms with Gasteiger partial charge in [-0.25, -0.2) is 4.79 Å². The number of nitrogens with one attached hydrogen (secondary N) is 1. The van der Waals surface area contributed by atoms with Gasteiger partial charge in [0.05, 0.1) is 17.9 Å². The van der Waals surface area contributed by atoms with E-state index in [1.165, 1.54) is 6.92 Å². The Kier molecular flexibility index (Phi) is 14.4. The van der Waals surface area contributed by atoms with Gasteiger partial charge in [-0.2, -0.15) is 10.2 Å². The summed E-state index contributed by atoms with van der Waals surface area (Å²) in [5, 5.41) is 10.7. The molecule has 0 bridgehead atoms. The number of carbonyl (C=O) groups excluding carboxylic acids is 4. The van der Waals surface area contributed by atoms with Gasteiger partial charge in [-0.3, -0.25) is 19.7 Å². The molecule has 1 N–H and O–H groups in total. The summed E-state index contributed by atoms with van der Waals surface area (Å²) in [5.74, 6) is -1.59. The molecular formula is C32H48N4O5. The fraction of sp³-hybridized carbons (Fsp3) is 0.625. The van der Waals surface area contributed by atoms with E-state index < -0.39 is 23.8 Å². The largest absolute Gasteiger partial charge is 0.462 e. The first kappa shape index (κ1) is 33.8. The highest BCUT2D eigenvalue weighted by atomic mass is 16.5. The molecule has 226 valence electrons. The van der Waals surface area contributed by atoms with Crippen LogP contribution >= 0.6 is 0 Å². The minimum absolute atomic E-state index is 0.0870. The van der Waals surface area contributed by atoms with Crippen molar-refractivity contribution < 1.29 is 23.9 Å². The number of hydrogen-bond donors (Lipinski definition) is 1. The van der Waals surface area contributed by atoms with Gasteiger partial charge in [0.1, 0.15) is 5.57 Å². The van der Waals surface area contributed by atoms with Gasteiger partial charge in [-0.15, -0.1) is 0 Å². The first-order chi connectivity index (χ1) is 19.7. The number of ether oxygens (including phenoxy) is 1. The molecule has 1 aliphatic heterocycles. The number of rotatable bonds is 17. The number of unbranched alkanes of at least 4 members (excludes halogenated alkanes) is 2. The molecule has 0 spiro atoms. The van der Waals surface area contributed by atoms with Gasteiger partial charge < -0.3 is 9.64 Å². The second kappa shape index (κ2) is 17.5. The van der Waals surface area contributed by atoms with Crippen molar-refractivity contribution >= 4 is 29.4 Å². The normalized spacial score (nSPS) is 17.0. The molecule has 9 heteroatoms.